The first kappa shape index (κ1) is 13.7. The first-order chi connectivity index (χ1) is 7.11. The van der Waals surface area contributed by atoms with Gasteiger partial charge in [0.2, 0.25) is 5.78 Å². The molecule has 0 aliphatic carbocycles. The molecule has 0 fully saturated rings. The molecule has 0 rings (SSSR count). The lowest BCUT2D eigenvalue weighted by Crippen LogP contribution is -2.40. The molecule has 86 valence electrons. The fraction of sp³-hybridized carbons (Fsp3) is 0.625. The number of rotatable bonds is 8. The van der Waals surface area contributed by atoms with Crippen LogP contribution >= 0.6 is 0 Å². The van der Waals surface area contributed by atoms with Crippen molar-refractivity contribution in [3.05, 3.63) is 0 Å². The van der Waals surface area contributed by atoms with Gasteiger partial charge in [0.15, 0.2) is 5.78 Å². The van der Waals surface area contributed by atoms with Gasteiger partial charge in [-0.2, -0.15) is 0 Å². The van der Waals surface area contributed by atoms with Gasteiger partial charge in [0.05, 0.1) is 19.6 Å². The van der Waals surface area contributed by atoms with E-state index in [1.54, 1.807) is 0 Å². The highest BCUT2D eigenvalue weighted by atomic mass is 16.2. The number of carbonyl (C=O) groups is 3. The molecule has 0 aromatic heterocycles. The SMILES string of the molecule is NCC(=O)CNCCNC(=O)C(=O)CN. The van der Waals surface area contributed by atoms with E-state index in [0.29, 0.717) is 6.54 Å². The second-order valence-corrected chi connectivity index (χ2v) is 2.80. The number of ketones is 2. The Hall–Kier alpha value is -1.31. The van der Waals surface area contributed by atoms with E-state index in [-0.39, 0.29) is 32.0 Å². The van der Waals surface area contributed by atoms with Gasteiger partial charge in [-0.15, -0.1) is 0 Å². The van der Waals surface area contributed by atoms with Gasteiger partial charge in [0.25, 0.3) is 5.91 Å². The monoisotopic (exact) mass is 216 g/mol. The highest BCUT2D eigenvalue weighted by molar-refractivity contribution is 6.36. The van der Waals surface area contributed by atoms with Gasteiger partial charge in [-0.25, -0.2) is 0 Å². The summed E-state index contributed by atoms with van der Waals surface area (Å²) >= 11 is 0. The molecular weight excluding hydrogens is 200 g/mol. The van der Waals surface area contributed by atoms with Crippen LogP contribution in [0.1, 0.15) is 0 Å². The molecule has 0 aromatic carbocycles. The van der Waals surface area contributed by atoms with E-state index in [2.05, 4.69) is 10.6 Å². The highest BCUT2D eigenvalue weighted by Gasteiger charge is 2.09. The van der Waals surface area contributed by atoms with Crippen molar-refractivity contribution in [3.8, 4) is 0 Å². The molecule has 0 saturated carbocycles. The minimum atomic E-state index is -0.704. The number of Topliss-reactive ketones (excluding diaryl/α,β-unsaturated/α-hetero) is 2. The van der Waals surface area contributed by atoms with Crippen LogP contribution in [0.4, 0.5) is 0 Å². The molecule has 0 unspecified atom stereocenters. The molecule has 0 heterocycles. The topological polar surface area (TPSA) is 127 Å². The van der Waals surface area contributed by atoms with Crippen LogP contribution in [0.3, 0.4) is 0 Å². The molecule has 0 bridgehead atoms. The first-order valence-corrected chi connectivity index (χ1v) is 4.55. The van der Waals surface area contributed by atoms with E-state index in [1.807, 2.05) is 0 Å². The summed E-state index contributed by atoms with van der Waals surface area (Å²) in [4.78, 5) is 32.3. The second kappa shape index (κ2) is 8.04. The molecule has 0 radical (unpaired) electrons. The van der Waals surface area contributed by atoms with Crippen LogP contribution in [0.25, 0.3) is 0 Å². The lowest BCUT2D eigenvalue weighted by atomic mass is 10.3. The van der Waals surface area contributed by atoms with Crippen LogP contribution in [0, 0.1) is 0 Å². The number of carbonyl (C=O) groups excluding carboxylic acids is 3. The third-order valence-electron chi connectivity index (χ3n) is 1.58. The van der Waals surface area contributed by atoms with Gasteiger partial charge in [-0.3, -0.25) is 14.4 Å². The van der Waals surface area contributed by atoms with Gasteiger partial charge in [-0.05, 0) is 0 Å². The van der Waals surface area contributed by atoms with Crippen molar-refractivity contribution < 1.29 is 14.4 Å². The van der Waals surface area contributed by atoms with Crippen LogP contribution in [0.5, 0.6) is 0 Å². The quantitative estimate of drug-likeness (QED) is 0.249. The van der Waals surface area contributed by atoms with Crippen molar-refractivity contribution in [2.24, 2.45) is 11.5 Å². The molecule has 0 aromatic rings. The van der Waals surface area contributed by atoms with Crippen LogP contribution in [0.15, 0.2) is 0 Å². The Bertz CT molecular complexity index is 242. The molecule has 1 amide bonds. The maximum absolute atomic E-state index is 10.9. The lowest BCUT2D eigenvalue weighted by Gasteiger charge is -2.04. The molecule has 0 aliphatic rings. The Kier molecular flexibility index (Phi) is 7.33. The van der Waals surface area contributed by atoms with Gasteiger partial charge in [0.1, 0.15) is 0 Å². The summed E-state index contributed by atoms with van der Waals surface area (Å²) in [6.07, 6.45) is 0. The summed E-state index contributed by atoms with van der Waals surface area (Å²) in [5.74, 6) is -1.48. The molecule has 0 atom stereocenters. The van der Waals surface area contributed by atoms with Gasteiger partial charge >= 0.3 is 0 Å². The van der Waals surface area contributed by atoms with E-state index < -0.39 is 11.7 Å². The Labute approximate surface area is 87.6 Å². The van der Waals surface area contributed by atoms with Crippen LogP contribution < -0.4 is 22.1 Å². The van der Waals surface area contributed by atoms with E-state index in [4.69, 9.17) is 11.5 Å². The van der Waals surface area contributed by atoms with Crippen molar-refractivity contribution in [2.75, 3.05) is 32.7 Å². The largest absolute Gasteiger partial charge is 0.348 e. The van der Waals surface area contributed by atoms with E-state index in [1.165, 1.54) is 0 Å². The maximum Gasteiger partial charge on any atom is 0.288 e. The molecule has 0 saturated heterocycles. The standard InChI is InChI=1S/C8H16N4O3/c9-3-6(13)5-11-1-2-12-8(15)7(14)4-10/h11H,1-5,9-10H2,(H,12,15). The van der Waals surface area contributed by atoms with Crippen molar-refractivity contribution in [1.82, 2.24) is 10.6 Å². The number of amides is 1. The lowest BCUT2D eigenvalue weighted by molar-refractivity contribution is -0.137. The summed E-state index contributed by atoms with van der Waals surface area (Å²) in [5.41, 5.74) is 10.1. The number of hydrogen-bond donors (Lipinski definition) is 4. The van der Waals surface area contributed by atoms with Crippen molar-refractivity contribution in [3.63, 3.8) is 0 Å². The van der Waals surface area contributed by atoms with E-state index in [0.717, 1.165) is 0 Å². The molecule has 0 aliphatic heterocycles. The highest BCUT2D eigenvalue weighted by Crippen LogP contribution is 1.69. The third kappa shape index (κ3) is 6.72. The predicted molar refractivity (Wildman–Crippen MR) is 54.0 cm³/mol. The summed E-state index contributed by atoms with van der Waals surface area (Å²) < 4.78 is 0. The maximum atomic E-state index is 10.9. The van der Waals surface area contributed by atoms with Crippen molar-refractivity contribution in [1.29, 1.82) is 0 Å². The fourth-order valence-corrected chi connectivity index (χ4v) is 0.756. The average Bonchev–Trinajstić information content (AvgIpc) is 2.26. The zero-order valence-electron chi connectivity index (χ0n) is 8.41. The van der Waals surface area contributed by atoms with E-state index >= 15 is 0 Å². The summed E-state index contributed by atoms with van der Waals surface area (Å²) in [5, 5.41) is 5.11. The van der Waals surface area contributed by atoms with Crippen LogP contribution in [-0.4, -0.2) is 50.2 Å². The Morgan fingerprint density at radius 1 is 1.00 bits per heavy atom. The van der Waals surface area contributed by atoms with Gasteiger partial charge in [0, 0.05) is 13.1 Å². The summed E-state index contributed by atoms with van der Waals surface area (Å²) in [6, 6.07) is 0. The molecule has 6 N–H and O–H groups in total. The van der Waals surface area contributed by atoms with Crippen molar-refractivity contribution in [2.45, 2.75) is 0 Å². The smallest absolute Gasteiger partial charge is 0.288 e. The summed E-state index contributed by atoms with van der Waals surface area (Å²) in [7, 11) is 0. The predicted octanol–water partition coefficient (Wildman–Crippen LogP) is -3.25. The molecular formula is C8H16N4O3. The van der Waals surface area contributed by atoms with Gasteiger partial charge in [-0.1, -0.05) is 0 Å². The Balaban J connectivity index is 3.43. The van der Waals surface area contributed by atoms with Crippen molar-refractivity contribution >= 4 is 17.5 Å². The molecule has 0 spiro atoms. The number of hydrogen-bond acceptors (Lipinski definition) is 6. The first-order valence-electron chi connectivity index (χ1n) is 4.55. The molecule has 15 heavy (non-hydrogen) atoms. The van der Waals surface area contributed by atoms with Crippen LogP contribution in [0.2, 0.25) is 0 Å². The summed E-state index contributed by atoms with van der Waals surface area (Å²) in [6.45, 7) is 0.519. The number of nitrogens with one attached hydrogen (secondary N) is 2. The zero-order valence-corrected chi connectivity index (χ0v) is 8.41. The Morgan fingerprint density at radius 3 is 2.20 bits per heavy atom. The average molecular weight is 216 g/mol. The second-order valence-electron chi connectivity index (χ2n) is 2.80. The molecule has 7 nitrogen and oxygen atoms in total. The molecule has 7 heteroatoms. The zero-order chi connectivity index (χ0) is 11.7. The van der Waals surface area contributed by atoms with Gasteiger partial charge < -0.3 is 22.1 Å². The Morgan fingerprint density at radius 2 is 1.67 bits per heavy atom. The fourth-order valence-electron chi connectivity index (χ4n) is 0.756. The minimum Gasteiger partial charge on any atom is -0.348 e. The minimum absolute atomic E-state index is 0.00891. The number of nitrogens with two attached hydrogens (primary N) is 2. The normalized spacial score (nSPS) is 9.73. The van der Waals surface area contributed by atoms with E-state index in [9.17, 15) is 14.4 Å². The van der Waals surface area contributed by atoms with Crippen LogP contribution in [-0.2, 0) is 14.4 Å². The third-order valence-corrected chi connectivity index (χ3v) is 1.58.